The summed E-state index contributed by atoms with van der Waals surface area (Å²) in [5.74, 6) is -0.0777. The summed E-state index contributed by atoms with van der Waals surface area (Å²) in [4.78, 5) is 31.9. The fourth-order valence-corrected chi connectivity index (χ4v) is 2.08. The third kappa shape index (κ3) is 4.88. The minimum atomic E-state index is -0.380. The van der Waals surface area contributed by atoms with E-state index >= 15 is 0 Å². The predicted octanol–water partition coefficient (Wildman–Crippen LogP) is 2.64. The largest absolute Gasteiger partial charge is 0.424 e. The molecular weight excluding hydrogens is 332 g/mol. The van der Waals surface area contributed by atoms with E-state index in [1.54, 1.807) is 36.4 Å². The summed E-state index contributed by atoms with van der Waals surface area (Å²) < 4.78 is 5.47. The van der Waals surface area contributed by atoms with Crippen LogP contribution in [0.25, 0.3) is 0 Å². The van der Waals surface area contributed by atoms with Gasteiger partial charge in [-0.05, 0) is 24.3 Å². The van der Waals surface area contributed by atoms with Gasteiger partial charge in [0, 0.05) is 5.56 Å². The Morgan fingerprint density at radius 2 is 1.50 bits per heavy atom. The van der Waals surface area contributed by atoms with Crippen molar-refractivity contribution in [2.75, 3.05) is 11.9 Å². The fourth-order valence-electron chi connectivity index (χ4n) is 2.08. The van der Waals surface area contributed by atoms with Gasteiger partial charge in [0.05, 0.1) is 24.6 Å². The summed E-state index contributed by atoms with van der Waals surface area (Å²) in [6, 6.07) is 18.0. The van der Waals surface area contributed by atoms with Gasteiger partial charge < -0.3 is 15.4 Å². The van der Waals surface area contributed by atoms with Crippen molar-refractivity contribution in [1.29, 1.82) is 0 Å². The Balaban J connectivity index is 1.49. The molecule has 3 rings (SSSR count). The molecule has 0 aliphatic heterocycles. The predicted molar refractivity (Wildman–Crippen MR) is 96.0 cm³/mol. The van der Waals surface area contributed by atoms with Crippen molar-refractivity contribution in [3.05, 3.63) is 78.6 Å². The lowest BCUT2D eigenvalue weighted by molar-refractivity contribution is -0.115. The maximum Gasteiger partial charge on any atom is 0.322 e. The van der Waals surface area contributed by atoms with Crippen LogP contribution in [-0.2, 0) is 4.79 Å². The number of hydrogen-bond acceptors (Lipinski definition) is 5. The number of carbonyl (C=O) groups is 2. The van der Waals surface area contributed by atoms with E-state index in [0.29, 0.717) is 17.0 Å². The number of amides is 2. The van der Waals surface area contributed by atoms with Gasteiger partial charge in [-0.2, -0.15) is 0 Å². The fraction of sp³-hybridized carbons (Fsp3) is 0.0526. The molecule has 0 unspecified atom stereocenters. The van der Waals surface area contributed by atoms with E-state index < -0.39 is 0 Å². The Kier molecular flexibility index (Phi) is 5.51. The zero-order valence-corrected chi connectivity index (χ0v) is 13.8. The van der Waals surface area contributed by atoms with E-state index in [2.05, 4.69) is 20.6 Å². The number of nitrogens with one attached hydrogen (secondary N) is 2. The molecule has 0 bridgehead atoms. The molecule has 0 atom stereocenters. The summed E-state index contributed by atoms with van der Waals surface area (Å²) in [5.41, 5.74) is 0.899. The van der Waals surface area contributed by atoms with Gasteiger partial charge in [0.1, 0.15) is 5.75 Å². The molecule has 130 valence electrons. The van der Waals surface area contributed by atoms with Gasteiger partial charge in [0.2, 0.25) is 5.91 Å². The van der Waals surface area contributed by atoms with Gasteiger partial charge >= 0.3 is 6.01 Å². The molecule has 7 heteroatoms. The molecule has 0 saturated carbocycles. The van der Waals surface area contributed by atoms with Crippen LogP contribution in [0.2, 0.25) is 0 Å². The van der Waals surface area contributed by atoms with Crippen LogP contribution in [0.15, 0.2) is 73.1 Å². The van der Waals surface area contributed by atoms with Crippen molar-refractivity contribution in [2.45, 2.75) is 0 Å². The van der Waals surface area contributed by atoms with Crippen molar-refractivity contribution >= 4 is 17.5 Å². The molecule has 7 nitrogen and oxygen atoms in total. The van der Waals surface area contributed by atoms with Gasteiger partial charge in [-0.3, -0.25) is 9.59 Å². The van der Waals surface area contributed by atoms with Crippen molar-refractivity contribution in [1.82, 2.24) is 15.3 Å². The number of ether oxygens (including phenoxy) is 1. The maximum absolute atomic E-state index is 11.9. The Morgan fingerprint density at radius 3 is 2.15 bits per heavy atom. The number of aromatic nitrogens is 2. The summed E-state index contributed by atoms with van der Waals surface area (Å²) in [5, 5.41) is 5.15. The summed E-state index contributed by atoms with van der Waals surface area (Å²) in [6.07, 6.45) is 2.87. The molecule has 26 heavy (non-hydrogen) atoms. The smallest absolute Gasteiger partial charge is 0.322 e. The van der Waals surface area contributed by atoms with E-state index in [-0.39, 0.29) is 24.4 Å². The van der Waals surface area contributed by atoms with Gasteiger partial charge in [-0.25, -0.2) is 9.97 Å². The van der Waals surface area contributed by atoms with Crippen LogP contribution in [0.4, 0.5) is 5.69 Å². The number of rotatable bonds is 6. The Labute approximate surface area is 150 Å². The third-order valence-electron chi connectivity index (χ3n) is 3.31. The second kappa shape index (κ2) is 8.39. The highest BCUT2D eigenvalue weighted by molar-refractivity contribution is 5.99. The molecule has 0 fully saturated rings. The van der Waals surface area contributed by atoms with Crippen molar-refractivity contribution in [3.63, 3.8) is 0 Å². The number of carbonyl (C=O) groups excluding carboxylic acids is 2. The first-order chi connectivity index (χ1) is 12.7. The minimum Gasteiger partial charge on any atom is -0.424 e. The lowest BCUT2D eigenvalue weighted by atomic mass is 10.2. The van der Waals surface area contributed by atoms with Gasteiger partial charge in [-0.15, -0.1) is 0 Å². The quantitative estimate of drug-likeness (QED) is 0.714. The average Bonchev–Trinajstić information content (AvgIpc) is 2.69. The summed E-state index contributed by atoms with van der Waals surface area (Å²) >= 11 is 0. The number of hydrogen-bond donors (Lipinski definition) is 2. The number of nitrogens with zero attached hydrogens (tertiary/aromatic N) is 2. The highest BCUT2D eigenvalue weighted by atomic mass is 16.5. The molecule has 2 amide bonds. The summed E-state index contributed by atoms with van der Waals surface area (Å²) in [6.45, 7) is -0.157. The molecule has 2 aromatic carbocycles. The molecule has 0 saturated heterocycles. The van der Waals surface area contributed by atoms with E-state index in [1.165, 1.54) is 12.4 Å². The average molecular weight is 348 g/mol. The number of benzene rings is 2. The van der Waals surface area contributed by atoms with Crippen molar-refractivity contribution in [3.8, 4) is 11.8 Å². The van der Waals surface area contributed by atoms with Crippen LogP contribution in [0.5, 0.6) is 11.8 Å². The van der Waals surface area contributed by atoms with Gasteiger partial charge in [0.25, 0.3) is 5.91 Å². The molecule has 1 heterocycles. The molecular formula is C19H16N4O3. The van der Waals surface area contributed by atoms with Crippen LogP contribution in [0.3, 0.4) is 0 Å². The zero-order valence-electron chi connectivity index (χ0n) is 13.8. The minimum absolute atomic E-state index is 0.157. The van der Waals surface area contributed by atoms with E-state index in [1.807, 2.05) is 24.3 Å². The molecule has 0 spiro atoms. The normalized spacial score (nSPS) is 10.0. The second-order valence-corrected chi connectivity index (χ2v) is 5.27. The maximum atomic E-state index is 11.9. The summed E-state index contributed by atoms with van der Waals surface area (Å²) in [7, 11) is 0. The lowest BCUT2D eigenvalue weighted by Gasteiger charge is -2.07. The lowest BCUT2D eigenvalue weighted by Crippen LogP contribution is -2.32. The van der Waals surface area contributed by atoms with E-state index in [0.717, 1.165) is 0 Å². The molecule has 2 N–H and O–H groups in total. The number of anilines is 1. The van der Waals surface area contributed by atoms with E-state index in [4.69, 9.17) is 4.74 Å². The highest BCUT2D eigenvalue weighted by Gasteiger charge is 2.08. The first-order valence-corrected chi connectivity index (χ1v) is 7.89. The van der Waals surface area contributed by atoms with Gasteiger partial charge in [-0.1, -0.05) is 36.4 Å². The van der Waals surface area contributed by atoms with Crippen LogP contribution >= 0.6 is 0 Å². The Bertz CT molecular complexity index is 868. The van der Waals surface area contributed by atoms with Crippen LogP contribution in [0, 0.1) is 0 Å². The molecule has 0 aliphatic carbocycles. The van der Waals surface area contributed by atoms with Crippen molar-refractivity contribution in [2.24, 2.45) is 0 Å². The molecule has 1 aromatic heterocycles. The van der Waals surface area contributed by atoms with E-state index in [9.17, 15) is 9.59 Å². The molecule has 0 radical (unpaired) electrons. The Hall–Kier alpha value is -3.74. The monoisotopic (exact) mass is 348 g/mol. The van der Waals surface area contributed by atoms with Gasteiger partial charge in [0.15, 0.2) is 0 Å². The van der Waals surface area contributed by atoms with Crippen LogP contribution < -0.4 is 15.4 Å². The first-order valence-electron chi connectivity index (χ1n) is 7.89. The molecule has 0 aliphatic rings. The topological polar surface area (TPSA) is 93.2 Å². The first kappa shape index (κ1) is 17.1. The Morgan fingerprint density at radius 1 is 0.885 bits per heavy atom. The number of para-hydroxylation sites is 1. The SMILES string of the molecule is O=C(CNC(=O)c1ccccc1)Nc1cnc(Oc2ccccc2)nc1. The van der Waals surface area contributed by atoms with Crippen molar-refractivity contribution < 1.29 is 14.3 Å². The standard InChI is InChI=1S/C19H16N4O3/c24-17(13-20-18(25)14-7-3-1-4-8-14)23-15-11-21-19(22-12-15)26-16-9-5-2-6-10-16/h1-12H,13H2,(H,20,25)(H,23,24). The third-order valence-corrected chi connectivity index (χ3v) is 3.31. The van der Waals surface area contributed by atoms with Crippen LogP contribution in [0.1, 0.15) is 10.4 Å². The zero-order chi connectivity index (χ0) is 18.2. The van der Waals surface area contributed by atoms with Crippen LogP contribution in [-0.4, -0.2) is 28.3 Å². The second-order valence-electron chi connectivity index (χ2n) is 5.27. The highest BCUT2D eigenvalue weighted by Crippen LogP contribution is 2.17. The molecule has 3 aromatic rings.